The number of anilines is 3. The van der Waals surface area contributed by atoms with Crippen molar-refractivity contribution in [2.24, 2.45) is 0 Å². The van der Waals surface area contributed by atoms with E-state index in [-0.39, 0.29) is 21.1 Å². The van der Waals surface area contributed by atoms with Crippen LogP contribution in [0.15, 0.2) is 152 Å². The van der Waals surface area contributed by atoms with Gasteiger partial charge < -0.3 is 13.9 Å². The number of rotatable bonds is 5. The van der Waals surface area contributed by atoms with Crippen LogP contribution in [0.3, 0.4) is 0 Å². The number of hydrogen-bond acceptors (Lipinski definition) is 4. The third-order valence-corrected chi connectivity index (χ3v) is 9.57. The fraction of sp³-hybridized carbons (Fsp3) is 0.0227. The van der Waals surface area contributed by atoms with Gasteiger partial charge in [0.15, 0.2) is 5.82 Å². The summed E-state index contributed by atoms with van der Waals surface area (Å²) in [7, 11) is 0. The zero-order chi connectivity index (χ0) is 33.2. The third-order valence-electron chi connectivity index (χ3n) is 9.57. The van der Waals surface area contributed by atoms with E-state index in [1.807, 2.05) is 18.3 Å². The van der Waals surface area contributed by atoms with Crippen LogP contribution >= 0.6 is 0 Å². The summed E-state index contributed by atoms with van der Waals surface area (Å²) in [5.74, 6) is 0.815. The topological polar surface area (TPSA) is 51.2 Å². The number of aromatic nitrogens is 5. The fourth-order valence-electron chi connectivity index (χ4n) is 7.31. The van der Waals surface area contributed by atoms with Gasteiger partial charge in [-0.15, -0.1) is 41.5 Å². The number of pyridine rings is 2. The second-order valence-electron chi connectivity index (χ2n) is 12.5. The Morgan fingerprint density at radius 2 is 1.25 bits per heavy atom. The molecule has 0 aliphatic carbocycles. The summed E-state index contributed by atoms with van der Waals surface area (Å²) in [5.41, 5.74) is 9.66. The second-order valence-corrected chi connectivity index (χ2v) is 12.5. The molecule has 0 amide bonds. The number of aryl methyl sites for hydroxylation is 1. The van der Waals surface area contributed by atoms with Crippen molar-refractivity contribution in [3.63, 3.8) is 0 Å². The Labute approximate surface area is 308 Å². The van der Waals surface area contributed by atoms with E-state index in [0.29, 0.717) is 0 Å². The van der Waals surface area contributed by atoms with Gasteiger partial charge >= 0.3 is 21.1 Å². The molecule has 4 heterocycles. The molecule has 0 atom stereocenters. The Balaban J connectivity index is 0.00000348. The maximum absolute atomic E-state index is 4.81. The average Bonchev–Trinajstić information content (AvgIpc) is 3.76. The van der Waals surface area contributed by atoms with Gasteiger partial charge in [0.1, 0.15) is 5.65 Å². The third kappa shape index (κ3) is 4.86. The number of para-hydroxylation sites is 3. The van der Waals surface area contributed by atoms with Crippen LogP contribution in [0.5, 0.6) is 0 Å². The number of benzene rings is 6. The monoisotopic (exact) mass is 835 g/mol. The maximum Gasteiger partial charge on any atom is 2.00 e. The van der Waals surface area contributed by atoms with E-state index >= 15 is 0 Å². The summed E-state index contributed by atoms with van der Waals surface area (Å²) in [4.78, 5) is 7.01. The minimum atomic E-state index is 0. The quantitative estimate of drug-likeness (QED) is 0.128. The minimum absolute atomic E-state index is 0. The van der Waals surface area contributed by atoms with Crippen molar-refractivity contribution in [3.05, 3.63) is 169 Å². The molecule has 7 heteroatoms. The summed E-state index contributed by atoms with van der Waals surface area (Å²) in [6, 6.07) is 57.9. The van der Waals surface area contributed by atoms with Crippen LogP contribution in [-0.2, 0) is 21.1 Å². The molecule has 51 heavy (non-hydrogen) atoms. The normalized spacial score (nSPS) is 11.5. The van der Waals surface area contributed by atoms with Crippen molar-refractivity contribution < 1.29 is 21.1 Å². The SMILES string of the molecule is Cc1ccccc1-c1nnc2c3[c-]c(N(c4[c-]c(-n5c6ccccc6c6cccnc65)ccc4)c4ccccc4)ccc3c3ccccc3n12.[Pt+2]. The fourth-order valence-corrected chi connectivity index (χ4v) is 7.31. The molecule has 10 rings (SSSR count). The first-order chi connectivity index (χ1) is 24.7. The van der Waals surface area contributed by atoms with E-state index in [0.717, 1.165) is 89.0 Å². The van der Waals surface area contributed by atoms with Gasteiger partial charge in [-0.3, -0.25) is 0 Å². The van der Waals surface area contributed by atoms with Gasteiger partial charge in [0.2, 0.25) is 0 Å². The summed E-state index contributed by atoms with van der Waals surface area (Å²) in [6.07, 6.45) is 1.85. The van der Waals surface area contributed by atoms with E-state index in [1.54, 1.807) is 0 Å². The molecule has 0 unspecified atom stereocenters. The van der Waals surface area contributed by atoms with Crippen LogP contribution in [0.25, 0.3) is 66.3 Å². The van der Waals surface area contributed by atoms with Gasteiger partial charge in [-0.2, -0.15) is 11.2 Å². The Hall–Kier alpha value is -6.10. The molecule has 0 radical (unpaired) electrons. The van der Waals surface area contributed by atoms with Crippen molar-refractivity contribution in [3.8, 4) is 17.1 Å². The number of nitrogens with zero attached hydrogens (tertiary/aromatic N) is 6. The Morgan fingerprint density at radius 3 is 2.10 bits per heavy atom. The first kappa shape index (κ1) is 30.9. The predicted octanol–water partition coefficient (Wildman–Crippen LogP) is 10.6. The molecule has 244 valence electrons. The van der Waals surface area contributed by atoms with Crippen molar-refractivity contribution in [2.45, 2.75) is 6.92 Å². The average molecular weight is 836 g/mol. The van der Waals surface area contributed by atoms with E-state index < -0.39 is 0 Å². The van der Waals surface area contributed by atoms with Crippen LogP contribution in [0.4, 0.5) is 17.1 Å². The summed E-state index contributed by atoms with van der Waals surface area (Å²) in [6.45, 7) is 2.11. The van der Waals surface area contributed by atoms with Crippen LogP contribution in [0.2, 0.25) is 0 Å². The Kier molecular flexibility index (Phi) is 7.48. The predicted molar refractivity (Wildman–Crippen MR) is 203 cm³/mol. The molecular weight excluding hydrogens is 808 g/mol. The van der Waals surface area contributed by atoms with Crippen molar-refractivity contribution in [2.75, 3.05) is 4.90 Å². The summed E-state index contributed by atoms with van der Waals surface area (Å²) < 4.78 is 4.37. The van der Waals surface area contributed by atoms with Crippen LogP contribution < -0.4 is 4.90 Å². The molecule has 4 aromatic heterocycles. The van der Waals surface area contributed by atoms with E-state index in [9.17, 15) is 0 Å². The van der Waals surface area contributed by atoms with Crippen molar-refractivity contribution >= 4 is 66.3 Å². The number of hydrogen-bond donors (Lipinski definition) is 0. The molecule has 10 aromatic rings. The molecule has 0 fully saturated rings. The molecular formula is C44H28N6Pt. The Bertz CT molecular complexity index is 2860. The minimum Gasteiger partial charge on any atom is -0.352 e. The van der Waals surface area contributed by atoms with E-state index in [1.165, 1.54) is 0 Å². The molecule has 6 nitrogen and oxygen atoms in total. The summed E-state index contributed by atoms with van der Waals surface area (Å²) >= 11 is 0. The zero-order valence-corrected chi connectivity index (χ0v) is 29.7. The van der Waals surface area contributed by atoms with Crippen LogP contribution in [0.1, 0.15) is 5.56 Å². The molecule has 0 aliphatic rings. The zero-order valence-electron chi connectivity index (χ0n) is 27.4. The smallest absolute Gasteiger partial charge is 0.352 e. The van der Waals surface area contributed by atoms with Gasteiger partial charge in [-0.05, 0) is 60.0 Å². The standard InChI is InChI=1S/C44H28N6.Pt/c1-29-13-5-6-18-34(29)43-46-47-44-39-28-33(24-25-35(39)36-19-7-10-23-41(36)50(43)44)48(30-14-3-2-4-15-30)31-16-11-17-32(27-31)49-40-22-9-8-20-37(40)38-21-12-26-45-42(38)49;/h2-26H,1H3;/q-2;+2. The van der Waals surface area contributed by atoms with Gasteiger partial charge in [-0.25, -0.2) is 4.98 Å². The molecule has 0 saturated carbocycles. The number of fused-ring (bicyclic) bond motifs is 9. The maximum atomic E-state index is 4.81. The van der Waals surface area contributed by atoms with Crippen molar-refractivity contribution in [1.82, 2.24) is 24.1 Å². The van der Waals surface area contributed by atoms with Crippen molar-refractivity contribution in [1.29, 1.82) is 0 Å². The molecule has 0 spiro atoms. The van der Waals surface area contributed by atoms with Crippen LogP contribution in [0, 0.1) is 19.1 Å². The van der Waals surface area contributed by atoms with Gasteiger partial charge in [0.05, 0.1) is 11.2 Å². The largest absolute Gasteiger partial charge is 2.00 e. The van der Waals surface area contributed by atoms with Gasteiger partial charge in [0.25, 0.3) is 0 Å². The molecule has 6 aromatic carbocycles. The molecule has 0 saturated heterocycles. The Morgan fingerprint density at radius 1 is 0.549 bits per heavy atom. The van der Waals surface area contributed by atoms with E-state index in [4.69, 9.17) is 15.2 Å². The first-order valence-corrected chi connectivity index (χ1v) is 16.6. The van der Waals surface area contributed by atoms with Crippen LogP contribution in [-0.4, -0.2) is 24.1 Å². The van der Waals surface area contributed by atoms with Gasteiger partial charge in [-0.1, -0.05) is 101 Å². The molecule has 0 bridgehead atoms. The molecule has 0 aliphatic heterocycles. The van der Waals surface area contributed by atoms with Gasteiger partial charge in [0, 0.05) is 33.7 Å². The van der Waals surface area contributed by atoms with E-state index in [2.05, 4.69) is 166 Å². The molecule has 0 N–H and O–H groups in total. The second kappa shape index (κ2) is 12.3. The summed E-state index contributed by atoms with van der Waals surface area (Å²) in [5, 5.41) is 14.9. The first-order valence-electron chi connectivity index (χ1n) is 16.6.